The van der Waals surface area contributed by atoms with Crippen LogP contribution in [0.1, 0.15) is 24.8 Å². The second-order valence-corrected chi connectivity index (χ2v) is 6.04. The third-order valence-corrected chi connectivity index (χ3v) is 4.75. The van der Waals surface area contributed by atoms with Crippen molar-refractivity contribution >= 4 is 17.7 Å². The molecule has 0 nitrogen and oxygen atoms in total. The monoisotopic (exact) mass is 254 g/mol. The Morgan fingerprint density at radius 2 is 1.56 bits per heavy atom. The van der Waals surface area contributed by atoms with Gasteiger partial charge in [0.25, 0.3) is 0 Å². The third kappa shape index (κ3) is 1.59. The molecule has 1 aromatic carbocycles. The first kappa shape index (κ1) is 10.6. The van der Waals surface area contributed by atoms with Crippen LogP contribution in [0.5, 0.6) is 0 Å². The molecule has 0 heterocycles. The Bertz CT molecular complexity index is 559. The largest absolute Gasteiger partial charge is 0.0843 e. The summed E-state index contributed by atoms with van der Waals surface area (Å²) in [7, 11) is 0. The predicted molar refractivity (Wildman–Crippen MR) is 76.4 cm³/mol. The summed E-state index contributed by atoms with van der Waals surface area (Å²) in [6.07, 6.45) is 11.3. The van der Waals surface area contributed by atoms with E-state index >= 15 is 0 Å². The lowest BCUT2D eigenvalue weighted by atomic mass is 9.92. The van der Waals surface area contributed by atoms with Crippen LogP contribution in [-0.2, 0) is 0 Å². The summed E-state index contributed by atoms with van der Waals surface area (Å²) in [4.78, 5) is 0. The molecule has 0 spiro atoms. The van der Waals surface area contributed by atoms with Gasteiger partial charge in [-0.05, 0) is 71.6 Å². The molecule has 2 unspecified atom stereocenters. The minimum atomic E-state index is 0.801. The molecule has 3 aliphatic rings. The van der Waals surface area contributed by atoms with Gasteiger partial charge in [-0.1, -0.05) is 35.9 Å². The van der Waals surface area contributed by atoms with Crippen molar-refractivity contribution in [1.82, 2.24) is 0 Å². The van der Waals surface area contributed by atoms with E-state index in [1.807, 2.05) is 12.1 Å². The molecule has 2 fully saturated rings. The summed E-state index contributed by atoms with van der Waals surface area (Å²) >= 11 is 5.91. The Morgan fingerprint density at radius 1 is 0.944 bits per heavy atom. The van der Waals surface area contributed by atoms with Crippen molar-refractivity contribution in [3.63, 3.8) is 0 Å². The van der Waals surface area contributed by atoms with E-state index in [1.54, 1.807) is 11.1 Å². The quantitative estimate of drug-likeness (QED) is 0.660. The van der Waals surface area contributed by atoms with Crippen LogP contribution in [0.4, 0.5) is 0 Å². The second kappa shape index (κ2) is 3.86. The van der Waals surface area contributed by atoms with Gasteiger partial charge in [0.1, 0.15) is 0 Å². The minimum absolute atomic E-state index is 0.801. The normalized spacial score (nSPS) is 28.2. The Balaban J connectivity index is 1.69. The fourth-order valence-electron chi connectivity index (χ4n) is 3.66. The molecule has 2 atom stereocenters. The zero-order valence-corrected chi connectivity index (χ0v) is 11.0. The van der Waals surface area contributed by atoms with Crippen molar-refractivity contribution in [3.8, 4) is 0 Å². The lowest BCUT2D eigenvalue weighted by Gasteiger charge is -2.12. The lowest BCUT2D eigenvalue weighted by Crippen LogP contribution is -1.99. The topological polar surface area (TPSA) is 0 Å². The fraction of sp³-hybridized carbons (Fsp3) is 0.294. The second-order valence-electron chi connectivity index (χ2n) is 5.60. The van der Waals surface area contributed by atoms with E-state index in [0.717, 1.165) is 16.9 Å². The average molecular weight is 255 g/mol. The number of benzene rings is 1. The molecule has 2 bridgehead atoms. The maximum atomic E-state index is 5.91. The van der Waals surface area contributed by atoms with Gasteiger partial charge in [0.2, 0.25) is 0 Å². The predicted octanol–water partition coefficient (Wildman–Crippen LogP) is 5.02. The number of allylic oxidation sites excluding steroid dienone is 5. The van der Waals surface area contributed by atoms with Crippen molar-refractivity contribution < 1.29 is 0 Å². The Labute approximate surface area is 113 Å². The Hall–Kier alpha value is -1.27. The molecule has 3 aliphatic carbocycles. The standard InChI is InChI=1S/C17H15Cl/c18-15-5-1-11(2-6-15)7-12-8-16-13-3-4-14(10-13)17(16)9-12/h1-2,5-9,13-14H,3-4,10H2. The zero-order valence-electron chi connectivity index (χ0n) is 10.2. The number of fused-ring (bicyclic) bond motifs is 5. The molecule has 2 saturated carbocycles. The van der Waals surface area contributed by atoms with Crippen LogP contribution < -0.4 is 0 Å². The van der Waals surface area contributed by atoms with Crippen LogP contribution in [0.15, 0.2) is 53.1 Å². The number of halogens is 1. The van der Waals surface area contributed by atoms with Gasteiger partial charge >= 0.3 is 0 Å². The highest BCUT2D eigenvalue weighted by atomic mass is 35.5. The first-order valence-electron chi connectivity index (χ1n) is 6.70. The Kier molecular flexibility index (Phi) is 2.28. The molecule has 90 valence electrons. The van der Waals surface area contributed by atoms with Gasteiger partial charge in [-0.3, -0.25) is 0 Å². The van der Waals surface area contributed by atoms with Crippen LogP contribution in [-0.4, -0.2) is 0 Å². The van der Waals surface area contributed by atoms with E-state index in [-0.39, 0.29) is 0 Å². The van der Waals surface area contributed by atoms with Gasteiger partial charge in [0, 0.05) is 5.02 Å². The van der Waals surface area contributed by atoms with Gasteiger partial charge in [-0.2, -0.15) is 0 Å². The third-order valence-electron chi connectivity index (χ3n) is 4.49. The van der Waals surface area contributed by atoms with Gasteiger partial charge in [-0.15, -0.1) is 0 Å². The maximum Gasteiger partial charge on any atom is 0.0406 e. The summed E-state index contributed by atoms with van der Waals surface area (Å²) in [6.45, 7) is 0. The van der Waals surface area contributed by atoms with E-state index in [4.69, 9.17) is 11.6 Å². The van der Waals surface area contributed by atoms with Crippen LogP contribution in [0.3, 0.4) is 0 Å². The maximum absolute atomic E-state index is 5.91. The van der Waals surface area contributed by atoms with E-state index in [0.29, 0.717) is 0 Å². The molecular weight excluding hydrogens is 240 g/mol. The van der Waals surface area contributed by atoms with Crippen molar-refractivity contribution in [2.75, 3.05) is 0 Å². The molecule has 0 radical (unpaired) electrons. The summed E-state index contributed by atoms with van der Waals surface area (Å²) in [5, 5.41) is 0.801. The average Bonchev–Trinajstić information content (AvgIpc) is 3.03. The first-order valence-corrected chi connectivity index (χ1v) is 7.08. The number of hydrogen-bond acceptors (Lipinski definition) is 0. The number of rotatable bonds is 1. The lowest BCUT2D eigenvalue weighted by molar-refractivity contribution is 0.658. The molecule has 0 amide bonds. The van der Waals surface area contributed by atoms with Crippen LogP contribution in [0.2, 0.25) is 5.02 Å². The molecule has 4 rings (SSSR count). The van der Waals surface area contributed by atoms with E-state index in [1.165, 1.54) is 30.4 Å². The van der Waals surface area contributed by atoms with Crippen LogP contribution in [0, 0.1) is 11.8 Å². The molecule has 0 aliphatic heterocycles. The molecule has 0 saturated heterocycles. The van der Waals surface area contributed by atoms with E-state index < -0.39 is 0 Å². The first-order chi connectivity index (χ1) is 8.79. The summed E-state index contributed by atoms with van der Waals surface area (Å²) in [5.41, 5.74) is 5.85. The summed E-state index contributed by atoms with van der Waals surface area (Å²) < 4.78 is 0. The number of hydrogen-bond donors (Lipinski definition) is 0. The molecule has 0 N–H and O–H groups in total. The SMILES string of the molecule is Clc1ccc(C=C2C=C3C(=C2)C2CCC3C2)cc1. The van der Waals surface area contributed by atoms with E-state index in [2.05, 4.69) is 30.4 Å². The molecule has 0 aromatic heterocycles. The van der Waals surface area contributed by atoms with Crippen molar-refractivity contribution in [1.29, 1.82) is 0 Å². The molecule has 1 aromatic rings. The fourth-order valence-corrected chi connectivity index (χ4v) is 3.78. The van der Waals surface area contributed by atoms with Crippen LogP contribution >= 0.6 is 11.6 Å². The highest BCUT2D eigenvalue weighted by Gasteiger charge is 2.40. The van der Waals surface area contributed by atoms with Crippen molar-refractivity contribution in [2.24, 2.45) is 11.8 Å². The van der Waals surface area contributed by atoms with Gasteiger partial charge in [0.15, 0.2) is 0 Å². The molecule has 1 heteroatoms. The Morgan fingerprint density at radius 3 is 2.17 bits per heavy atom. The van der Waals surface area contributed by atoms with Gasteiger partial charge in [0.05, 0.1) is 0 Å². The molecular formula is C17H15Cl. The van der Waals surface area contributed by atoms with Gasteiger partial charge in [-0.25, -0.2) is 0 Å². The highest BCUT2D eigenvalue weighted by molar-refractivity contribution is 6.30. The summed E-state index contributed by atoms with van der Waals surface area (Å²) in [6, 6.07) is 8.06. The van der Waals surface area contributed by atoms with Crippen molar-refractivity contribution in [3.05, 3.63) is 63.7 Å². The summed E-state index contributed by atoms with van der Waals surface area (Å²) in [5.74, 6) is 1.72. The van der Waals surface area contributed by atoms with Crippen LogP contribution in [0.25, 0.3) is 6.08 Å². The van der Waals surface area contributed by atoms with E-state index in [9.17, 15) is 0 Å². The van der Waals surface area contributed by atoms with Gasteiger partial charge < -0.3 is 0 Å². The highest BCUT2D eigenvalue weighted by Crippen LogP contribution is 2.54. The minimum Gasteiger partial charge on any atom is -0.0843 e. The zero-order chi connectivity index (χ0) is 12.1. The molecule has 18 heavy (non-hydrogen) atoms. The smallest absolute Gasteiger partial charge is 0.0406 e. The van der Waals surface area contributed by atoms with Crippen molar-refractivity contribution in [2.45, 2.75) is 19.3 Å².